The molecular formula is C15H10ClNZn. The number of hydrogen-bond donors (Lipinski definition) is 0. The zero-order chi connectivity index (χ0) is 12.8. The fourth-order valence-corrected chi connectivity index (χ4v) is 1.87. The fraction of sp³-hybridized carbons (Fsp3) is 0. The zero-order valence-corrected chi connectivity index (χ0v) is 13.5. The number of aromatic nitrogens is 1. The number of halogens is 1. The Bertz CT molecular complexity index is 620. The van der Waals surface area contributed by atoms with Gasteiger partial charge in [-0.3, -0.25) is 0 Å². The van der Waals surface area contributed by atoms with Crippen molar-refractivity contribution in [2.45, 2.75) is 0 Å². The summed E-state index contributed by atoms with van der Waals surface area (Å²) < 4.78 is 0. The maximum atomic E-state index is 4.76. The maximum Gasteiger partial charge on any atom is 0.0167 e. The zero-order valence-electron chi connectivity index (χ0n) is 9.81. The molecule has 0 fully saturated rings. The minimum atomic E-state index is 0.847. The molecule has 0 saturated carbocycles. The second kappa shape index (κ2) is 6.63. The van der Waals surface area contributed by atoms with Gasteiger partial charge in [0.2, 0.25) is 0 Å². The van der Waals surface area contributed by atoms with Gasteiger partial charge < -0.3 is 4.98 Å². The summed E-state index contributed by atoms with van der Waals surface area (Å²) in [5.41, 5.74) is 2.04. The standard InChI is InChI=1S/C15H10N.ClH.Zn/c1-2-7-13(8-3-1)15-14-9-5-4-6-12(14)10-11-16-15;;/h1-7,9-11H;1H;/q-1;;+2/p-1. The van der Waals surface area contributed by atoms with E-state index < -0.39 is 0 Å². The number of nitrogens with zero attached hydrogens (tertiary/aromatic N) is 1. The molecule has 2 aromatic carbocycles. The van der Waals surface area contributed by atoms with Crippen LogP contribution in [0.1, 0.15) is 0 Å². The van der Waals surface area contributed by atoms with Crippen LogP contribution in [-0.2, 0) is 17.3 Å². The Balaban J connectivity index is 0.000000574. The van der Waals surface area contributed by atoms with Gasteiger partial charge in [-0.25, -0.2) is 0 Å². The summed E-state index contributed by atoms with van der Waals surface area (Å²) >= 11 is 0.847. The molecule has 0 aliphatic rings. The molecule has 0 saturated heterocycles. The first-order valence-corrected chi connectivity index (χ1v) is 9.42. The van der Waals surface area contributed by atoms with Crippen molar-refractivity contribution in [3.8, 4) is 11.3 Å². The summed E-state index contributed by atoms with van der Waals surface area (Å²) in [5, 5.41) is 2.39. The van der Waals surface area contributed by atoms with E-state index in [1.54, 1.807) is 0 Å². The number of benzene rings is 2. The summed E-state index contributed by atoms with van der Waals surface area (Å²) in [7, 11) is 4.76. The van der Waals surface area contributed by atoms with Gasteiger partial charge >= 0.3 is 27.0 Å². The van der Waals surface area contributed by atoms with Crippen LogP contribution in [0.5, 0.6) is 0 Å². The van der Waals surface area contributed by atoms with Gasteiger partial charge in [-0.05, 0) is 22.5 Å². The molecule has 1 heterocycles. The van der Waals surface area contributed by atoms with Crippen LogP contribution in [0.15, 0.2) is 60.8 Å². The summed E-state index contributed by atoms with van der Waals surface area (Å²) in [6.45, 7) is 0. The van der Waals surface area contributed by atoms with Crippen molar-refractivity contribution >= 4 is 20.5 Å². The third kappa shape index (κ3) is 2.77. The minimum Gasteiger partial charge on any atom is -0.304 e. The first-order valence-electron chi connectivity index (χ1n) is 5.53. The average Bonchev–Trinajstić information content (AvgIpc) is 2.50. The van der Waals surface area contributed by atoms with E-state index >= 15 is 0 Å². The van der Waals surface area contributed by atoms with Crippen LogP contribution in [0.2, 0.25) is 0 Å². The third-order valence-corrected chi connectivity index (χ3v) is 2.64. The van der Waals surface area contributed by atoms with E-state index in [0.717, 1.165) is 28.6 Å². The molecule has 0 N–H and O–H groups in total. The quantitative estimate of drug-likeness (QED) is 0.480. The van der Waals surface area contributed by atoms with E-state index in [-0.39, 0.29) is 0 Å². The molecule has 3 aromatic rings. The van der Waals surface area contributed by atoms with Crippen LogP contribution < -0.4 is 0 Å². The summed E-state index contributed by atoms with van der Waals surface area (Å²) in [5.74, 6) is 0. The van der Waals surface area contributed by atoms with Crippen molar-refractivity contribution in [2.75, 3.05) is 0 Å². The Labute approximate surface area is 121 Å². The molecule has 0 spiro atoms. The van der Waals surface area contributed by atoms with Gasteiger partial charge in [-0.1, -0.05) is 24.3 Å². The van der Waals surface area contributed by atoms with E-state index in [0.29, 0.717) is 0 Å². The SMILES string of the molecule is [Cl][Zn+].[c-]1ccccc1-c1nccc2ccccc12. The number of fused-ring (bicyclic) bond motifs is 1. The molecule has 1 nitrogen and oxygen atoms in total. The van der Waals surface area contributed by atoms with Gasteiger partial charge in [-0.15, -0.1) is 35.9 Å². The summed E-state index contributed by atoms with van der Waals surface area (Å²) in [6, 6.07) is 21.4. The predicted octanol–water partition coefficient (Wildman–Crippen LogP) is 4.39. The van der Waals surface area contributed by atoms with Gasteiger partial charge in [0.1, 0.15) is 0 Å². The van der Waals surface area contributed by atoms with E-state index in [9.17, 15) is 0 Å². The van der Waals surface area contributed by atoms with E-state index in [4.69, 9.17) is 9.69 Å². The average molecular weight is 305 g/mol. The van der Waals surface area contributed by atoms with Crippen molar-refractivity contribution < 1.29 is 17.3 Å². The van der Waals surface area contributed by atoms with E-state index in [1.807, 2.05) is 48.7 Å². The fourth-order valence-electron chi connectivity index (χ4n) is 1.87. The molecule has 18 heavy (non-hydrogen) atoms. The van der Waals surface area contributed by atoms with Crippen LogP contribution in [0.25, 0.3) is 22.0 Å². The minimum absolute atomic E-state index is 0.847. The molecule has 1 aromatic heterocycles. The Morgan fingerprint density at radius 2 is 1.72 bits per heavy atom. The molecular weight excluding hydrogens is 295 g/mol. The monoisotopic (exact) mass is 303 g/mol. The second-order valence-electron chi connectivity index (χ2n) is 3.66. The second-order valence-corrected chi connectivity index (χ2v) is 3.66. The van der Waals surface area contributed by atoms with Gasteiger partial charge in [0, 0.05) is 6.20 Å². The smallest absolute Gasteiger partial charge is 0.0167 e. The Hall–Kier alpha value is -1.24. The van der Waals surface area contributed by atoms with Crippen molar-refractivity contribution in [3.05, 3.63) is 66.9 Å². The van der Waals surface area contributed by atoms with Gasteiger partial charge in [0.15, 0.2) is 0 Å². The first-order chi connectivity index (χ1) is 8.95. The number of pyridine rings is 1. The van der Waals surface area contributed by atoms with E-state index in [2.05, 4.69) is 23.2 Å². The Morgan fingerprint density at radius 1 is 0.944 bits per heavy atom. The van der Waals surface area contributed by atoms with Crippen LogP contribution in [0.4, 0.5) is 0 Å². The third-order valence-electron chi connectivity index (χ3n) is 2.64. The normalized spacial score (nSPS) is 9.72. The molecule has 0 atom stereocenters. The van der Waals surface area contributed by atoms with E-state index in [1.165, 1.54) is 10.8 Å². The largest absolute Gasteiger partial charge is 0.304 e. The van der Waals surface area contributed by atoms with Gasteiger partial charge in [0.25, 0.3) is 0 Å². The molecule has 84 valence electrons. The van der Waals surface area contributed by atoms with Crippen molar-refractivity contribution in [3.63, 3.8) is 0 Å². The molecule has 0 unspecified atom stereocenters. The predicted molar refractivity (Wildman–Crippen MR) is 71.9 cm³/mol. The molecule has 3 heteroatoms. The van der Waals surface area contributed by atoms with Crippen molar-refractivity contribution in [1.29, 1.82) is 0 Å². The van der Waals surface area contributed by atoms with Gasteiger partial charge in [0.05, 0.1) is 0 Å². The Morgan fingerprint density at radius 3 is 2.50 bits per heavy atom. The number of hydrogen-bond acceptors (Lipinski definition) is 1. The molecule has 0 aliphatic heterocycles. The molecule has 0 aliphatic carbocycles. The van der Waals surface area contributed by atoms with Gasteiger partial charge in [-0.2, -0.15) is 0 Å². The number of rotatable bonds is 1. The van der Waals surface area contributed by atoms with Crippen molar-refractivity contribution in [1.82, 2.24) is 4.98 Å². The molecule has 0 amide bonds. The topological polar surface area (TPSA) is 12.9 Å². The van der Waals surface area contributed by atoms with Crippen LogP contribution in [0.3, 0.4) is 0 Å². The van der Waals surface area contributed by atoms with Crippen LogP contribution >= 0.6 is 9.69 Å². The van der Waals surface area contributed by atoms with Crippen LogP contribution in [0, 0.1) is 6.07 Å². The van der Waals surface area contributed by atoms with Crippen molar-refractivity contribution in [2.24, 2.45) is 0 Å². The molecule has 0 radical (unpaired) electrons. The maximum absolute atomic E-state index is 4.76. The summed E-state index contributed by atoms with van der Waals surface area (Å²) in [4.78, 5) is 4.45. The van der Waals surface area contributed by atoms with Crippen LogP contribution in [-0.4, -0.2) is 4.98 Å². The molecule has 3 rings (SSSR count). The molecule has 0 bridgehead atoms. The summed E-state index contributed by atoms with van der Waals surface area (Å²) in [6.07, 6.45) is 1.85. The Kier molecular flexibility index (Phi) is 4.86. The first kappa shape index (κ1) is 13.2.